The first-order valence-corrected chi connectivity index (χ1v) is 15.2. The summed E-state index contributed by atoms with van der Waals surface area (Å²) < 4.78 is 30.6. The zero-order chi connectivity index (χ0) is 31.9. The Hall–Kier alpha value is -3.28. The Morgan fingerprint density at radius 1 is 1.09 bits per heavy atom. The fourth-order valence-electron chi connectivity index (χ4n) is 6.18. The molecule has 1 aliphatic heterocycles. The van der Waals surface area contributed by atoms with Gasteiger partial charge >= 0.3 is 5.97 Å². The largest absolute Gasteiger partial charge is 0.484 e. The molecule has 3 aliphatic carbocycles. The molecular weight excluding hydrogens is 616 g/mol. The van der Waals surface area contributed by atoms with Crippen molar-refractivity contribution in [2.24, 2.45) is 0 Å². The minimum Gasteiger partial charge on any atom is -0.484 e. The normalized spacial score (nSPS) is 25.8. The quantitative estimate of drug-likeness (QED) is 0.363. The smallest absolute Gasteiger partial charge is 0.326 e. The van der Waals surface area contributed by atoms with Crippen LogP contribution in [0, 0.1) is 5.82 Å². The Morgan fingerprint density at radius 3 is 2.48 bits per heavy atom. The van der Waals surface area contributed by atoms with E-state index in [2.05, 4.69) is 10.6 Å². The van der Waals surface area contributed by atoms with E-state index in [-0.39, 0.29) is 42.8 Å². The minimum atomic E-state index is -0.930. The highest BCUT2D eigenvalue weighted by atomic mass is 35.5. The van der Waals surface area contributed by atoms with Crippen LogP contribution in [0.5, 0.6) is 11.5 Å². The maximum Gasteiger partial charge on any atom is 0.326 e. The lowest BCUT2D eigenvalue weighted by molar-refractivity contribution is -0.153. The average Bonchev–Trinajstić information content (AvgIpc) is 2.93. The molecule has 44 heavy (non-hydrogen) atoms. The van der Waals surface area contributed by atoms with E-state index in [0.29, 0.717) is 42.1 Å². The molecule has 0 saturated heterocycles. The van der Waals surface area contributed by atoms with Crippen molar-refractivity contribution in [2.75, 3.05) is 24.6 Å². The van der Waals surface area contributed by atoms with E-state index in [9.17, 15) is 23.9 Å². The number of benzene rings is 2. The molecule has 2 atom stereocenters. The lowest BCUT2D eigenvalue weighted by Crippen LogP contribution is -2.71. The number of aliphatic hydroxyl groups excluding tert-OH is 1. The number of rotatable bonds is 8. The standard InChI is InChI=1S/C31H36Cl2FN3O7/c1-29(2,3)44-27(40)16-37-15-24(43-23-7-4-18(32)12-22(23)37)28(41)36-30-8-10-31(11-9-30,25(38)14-30)35-26(39)17-42-19-5-6-20(33)21(34)13-19/h4-7,12-13,24-25,38H,8-11,14-17H2,1-3H3,(H,35,39)(H,36,41)/t24-,25+,30?,31?/m1/s1. The molecule has 2 aromatic rings. The number of carbonyl (C=O) groups excluding carboxylic acids is 3. The third-order valence-electron chi connectivity index (χ3n) is 8.31. The topological polar surface area (TPSA) is 126 Å². The van der Waals surface area contributed by atoms with Gasteiger partial charge < -0.3 is 34.9 Å². The molecule has 3 fully saturated rings. The summed E-state index contributed by atoms with van der Waals surface area (Å²) in [5.41, 5.74) is -1.62. The summed E-state index contributed by atoms with van der Waals surface area (Å²) in [4.78, 5) is 40.7. The molecule has 3 N–H and O–H groups in total. The van der Waals surface area contributed by atoms with Gasteiger partial charge in [-0.05, 0) is 83.2 Å². The Balaban J connectivity index is 1.20. The summed E-state index contributed by atoms with van der Waals surface area (Å²) >= 11 is 11.9. The Bertz CT molecular complexity index is 1440. The Labute approximate surface area is 265 Å². The molecule has 2 bridgehead atoms. The molecule has 4 aliphatic rings. The van der Waals surface area contributed by atoms with E-state index < -0.39 is 46.6 Å². The molecule has 3 saturated carbocycles. The summed E-state index contributed by atoms with van der Waals surface area (Å²) in [5.74, 6) is -1.34. The number of anilines is 1. The first-order valence-electron chi connectivity index (χ1n) is 14.5. The van der Waals surface area contributed by atoms with Crippen LogP contribution in [-0.4, -0.2) is 71.5 Å². The number of ether oxygens (including phenoxy) is 3. The molecule has 0 spiro atoms. The van der Waals surface area contributed by atoms with Gasteiger partial charge in [0.25, 0.3) is 11.8 Å². The lowest BCUT2D eigenvalue weighted by Gasteiger charge is -2.56. The fraction of sp³-hybridized carbons (Fsp3) is 0.516. The molecule has 2 aromatic carbocycles. The van der Waals surface area contributed by atoms with Crippen molar-refractivity contribution in [2.45, 2.75) is 81.8 Å². The summed E-state index contributed by atoms with van der Waals surface area (Å²) in [6, 6.07) is 8.89. The molecule has 1 heterocycles. The van der Waals surface area contributed by atoms with Crippen molar-refractivity contribution in [3.8, 4) is 11.5 Å². The summed E-state index contributed by atoms with van der Waals surface area (Å²) in [5, 5.41) is 17.6. The van der Waals surface area contributed by atoms with Crippen LogP contribution in [0.2, 0.25) is 10.0 Å². The summed E-state index contributed by atoms with van der Waals surface area (Å²) in [6.07, 6.45) is 0.324. The van der Waals surface area contributed by atoms with Crippen LogP contribution < -0.4 is 25.0 Å². The molecule has 0 unspecified atom stereocenters. The zero-order valence-corrected chi connectivity index (χ0v) is 26.3. The van der Waals surface area contributed by atoms with E-state index >= 15 is 0 Å². The number of amides is 2. The lowest BCUT2D eigenvalue weighted by atomic mass is 9.60. The molecule has 0 aromatic heterocycles. The molecule has 0 radical (unpaired) electrons. The van der Waals surface area contributed by atoms with Crippen LogP contribution >= 0.6 is 23.2 Å². The van der Waals surface area contributed by atoms with E-state index in [1.54, 1.807) is 43.9 Å². The number of fused-ring (bicyclic) bond motifs is 4. The summed E-state index contributed by atoms with van der Waals surface area (Å²) in [7, 11) is 0. The van der Waals surface area contributed by atoms with Gasteiger partial charge in [-0.25, -0.2) is 4.39 Å². The predicted molar refractivity (Wildman–Crippen MR) is 162 cm³/mol. The second-order valence-corrected chi connectivity index (χ2v) is 13.6. The molecular formula is C31H36Cl2FN3O7. The van der Waals surface area contributed by atoms with Crippen LogP contribution in [0.25, 0.3) is 0 Å². The monoisotopic (exact) mass is 651 g/mol. The van der Waals surface area contributed by atoms with Crippen molar-refractivity contribution < 1.29 is 38.1 Å². The number of halogens is 3. The molecule has 238 valence electrons. The van der Waals surface area contributed by atoms with E-state index in [0.717, 1.165) is 6.07 Å². The van der Waals surface area contributed by atoms with Gasteiger partial charge in [0.2, 0.25) is 0 Å². The van der Waals surface area contributed by atoms with E-state index in [1.807, 2.05) is 0 Å². The van der Waals surface area contributed by atoms with Crippen molar-refractivity contribution in [1.82, 2.24) is 10.6 Å². The number of hydrogen-bond donors (Lipinski definition) is 3. The van der Waals surface area contributed by atoms with Gasteiger partial charge in [-0.3, -0.25) is 14.4 Å². The number of aliphatic hydroxyl groups is 1. The second kappa shape index (κ2) is 12.3. The number of esters is 1. The van der Waals surface area contributed by atoms with E-state index in [4.69, 9.17) is 37.4 Å². The van der Waals surface area contributed by atoms with Crippen molar-refractivity contribution >= 4 is 46.7 Å². The average molecular weight is 653 g/mol. The third-order valence-corrected chi connectivity index (χ3v) is 8.85. The number of hydrogen-bond acceptors (Lipinski definition) is 8. The van der Waals surface area contributed by atoms with Crippen molar-refractivity contribution in [1.29, 1.82) is 0 Å². The van der Waals surface area contributed by atoms with Gasteiger partial charge in [0.05, 0.1) is 28.9 Å². The first kappa shape index (κ1) is 32.1. The van der Waals surface area contributed by atoms with Gasteiger partial charge in [0.15, 0.2) is 12.7 Å². The molecule has 10 nitrogen and oxygen atoms in total. The number of nitrogens with zero attached hydrogens (tertiary/aromatic N) is 1. The van der Waals surface area contributed by atoms with Gasteiger partial charge in [-0.15, -0.1) is 0 Å². The third kappa shape index (κ3) is 7.16. The number of carbonyl (C=O) groups is 3. The van der Waals surface area contributed by atoms with Gasteiger partial charge in [-0.1, -0.05) is 23.2 Å². The Kier molecular flexibility index (Phi) is 8.94. The number of nitrogens with one attached hydrogen (secondary N) is 2. The maximum absolute atomic E-state index is 13.7. The molecule has 2 amide bonds. The fourth-order valence-corrected chi connectivity index (χ4v) is 6.46. The maximum atomic E-state index is 13.7. The van der Waals surface area contributed by atoms with Gasteiger partial charge in [0.1, 0.15) is 29.5 Å². The van der Waals surface area contributed by atoms with Crippen LogP contribution in [0.1, 0.15) is 52.9 Å². The highest BCUT2D eigenvalue weighted by Gasteiger charge is 2.55. The van der Waals surface area contributed by atoms with Gasteiger partial charge in [-0.2, -0.15) is 0 Å². The highest BCUT2D eigenvalue weighted by Crippen LogP contribution is 2.47. The SMILES string of the molecule is CC(C)(C)OC(=O)CN1C[C@H](C(=O)NC23CCC(NC(=O)COc4ccc(Cl)c(F)c4)(CC2)[C@@H](O)C3)Oc2ccc(Cl)cc21. The summed E-state index contributed by atoms with van der Waals surface area (Å²) in [6.45, 7) is 4.98. The van der Waals surface area contributed by atoms with Crippen LogP contribution in [0.4, 0.5) is 10.1 Å². The highest BCUT2D eigenvalue weighted by molar-refractivity contribution is 6.31. The minimum absolute atomic E-state index is 0.0493. The van der Waals surface area contributed by atoms with Crippen molar-refractivity contribution in [3.63, 3.8) is 0 Å². The van der Waals surface area contributed by atoms with E-state index in [1.165, 1.54) is 12.1 Å². The van der Waals surface area contributed by atoms with Gasteiger partial charge in [0, 0.05) is 16.6 Å². The van der Waals surface area contributed by atoms with Crippen LogP contribution in [0.3, 0.4) is 0 Å². The Morgan fingerprint density at radius 2 is 1.82 bits per heavy atom. The molecule has 6 rings (SSSR count). The first-order chi connectivity index (χ1) is 20.7. The van der Waals surface area contributed by atoms with Crippen LogP contribution in [-0.2, 0) is 19.1 Å². The second-order valence-electron chi connectivity index (χ2n) is 12.7. The molecule has 13 heteroatoms. The van der Waals surface area contributed by atoms with Crippen LogP contribution in [0.15, 0.2) is 36.4 Å². The zero-order valence-electron chi connectivity index (χ0n) is 24.8. The van der Waals surface area contributed by atoms with Crippen molar-refractivity contribution in [3.05, 3.63) is 52.3 Å². The predicted octanol–water partition coefficient (Wildman–Crippen LogP) is 4.17.